The first-order chi connectivity index (χ1) is 13.7. The molecule has 0 heterocycles. The Kier molecular flexibility index (Phi) is 5.62. The minimum absolute atomic E-state index is 0.0815. The second kappa shape index (κ2) is 7.98. The number of sulfonamides is 1. The van der Waals surface area contributed by atoms with Gasteiger partial charge in [-0.2, -0.15) is 4.31 Å². The molecule has 0 unspecified atom stereocenters. The number of nitrogens with one attached hydrogen (secondary N) is 1. The summed E-state index contributed by atoms with van der Waals surface area (Å²) in [4.78, 5) is 22.8. The van der Waals surface area contributed by atoms with Crippen LogP contribution in [0.5, 0.6) is 0 Å². The summed E-state index contributed by atoms with van der Waals surface area (Å²) in [6.07, 6.45) is 0. The average molecular weight is 413 g/mol. The molecule has 0 fully saturated rings. The van der Waals surface area contributed by atoms with Crippen molar-refractivity contribution in [3.63, 3.8) is 0 Å². The molecule has 9 heteroatoms. The van der Waals surface area contributed by atoms with Gasteiger partial charge in [-0.15, -0.1) is 0 Å². The molecule has 0 aliphatic carbocycles. The molecule has 0 atom stereocenters. The maximum Gasteiger partial charge on any atom is 0.271 e. The third-order valence-electron chi connectivity index (χ3n) is 4.50. The zero-order valence-electron chi connectivity index (χ0n) is 15.8. The van der Waals surface area contributed by atoms with Crippen LogP contribution < -0.4 is 5.32 Å². The molecule has 29 heavy (non-hydrogen) atoms. The van der Waals surface area contributed by atoms with E-state index in [1.807, 2.05) is 24.3 Å². The molecular weight excluding hydrogens is 394 g/mol. The first-order valence-electron chi connectivity index (χ1n) is 8.68. The molecule has 0 aliphatic heterocycles. The van der Waals surface area contributed by atoms with E-state index in [4.69, 9.17) is 0 Å². The van der Waals surface area contributed by atoms with Gasteiger partial charge in [0, 0.05) is 19.2 Å². The van der Waals surface area contributed by atoms with Crippen LogP contribution in [0, 0.1) is 17.0 Å². The van der Waals surface area contributed by atoms with E-state index in [0.717, 1.165) is 15.1 Å². The Hall–Kier alpha value is -3.30. The Morgan fingerprint density at radius 3 is 2.45 bits per heavy atom. The maximum absolute atomic E-state index is 12.8. The Morgan fingerprint density at radius 2 is 1.76 bits per heavy atom. The number of nitro groups is 1. The smallest absolute Gasteiger partial charge is 0.271 e. The number of carbonyl (C=O) groups excluding carboxylic acids is 1. The summed E-state index contributed by atoms with van der Waals surface area (Å²) in [6, 6.07) is 16.2. The number of likely N-dealkylation sites (N-methyl/N-ethyl adjacent to an activating group) is 1. The molecule has 0 spiro atoms. The van der Waals surface area contributed by atoms with Crippen LogP contribution in [0.4, 0.5) is 11.4 Å². The molecule has 1 amide bonds. The highest BCUT2D eigenvalue weighted by Crippen LogP contribution is 2.23. The Balaban J connectivity index is 1.77. The number of benzene rings is 3. The van der Waals surface area contributed by atoms with Gasteiger partial charge in [0.15, 0.2) is 0 Å². The number of aryl methyl sites for hydroxylation is 1. The van der Waals surface area contributed by atoms with Gasteiger partial charge in [0.05, 0.1) is 22.1 Å². The van der Waals surface area contributed by atoms with Crippen molar-refractivity contribution in [1.82, 2.24) is 4.31 Å². The van der Waals surface area contributed by atoms with E-state index in [1.54, 1.807) is 19.1 Å². The molecule has 150 valence electrons. The second-order valence-electron chi connectivity index (χ2n) is 6.57. The Labute approximate surface area is 168 Å². The lowest BCUT2D eigenvalue weighted by Gasteiger charge is -2.17. The van der Waals surface area contributed by atoms with Gasteiger partial charge >= 0.3 is 0 Å². The molecule has 8 nitrogen and oxygen atoms in total. The summed E-state index contributed by atoms with van der Waals surface area (Å²) in [5.41, 5.74) is 0.729. The van der Waals surface area contributed by atoms with Gasteiger partial charge < -0.3 is 5.32 Å². The van der Waals surface area contributed by atoms with Crippen molar-refractivity contribution in [2.24, 2.45) is 0 Å². The lowest BCUT2D eigenvalue weighted by molar-refractivity contribution is -0.384. The molecule has 0 saturated carbocycles. The van der Waals surface area contributed by atoms with Gasteiger partial charge in [-0.1, -0.05) is 36.4 Å². The van der Waals surface area contributed by atoms with E-state index in [9.17, 15) is 23.3 Å². The lowest BCUT2D eigenvalue weighted by Crippen LogP contribution is -2.35. The van der Waals surface area contributed by atoms with Crippen LogP contribution >= 0.6 is 0 Å². The minimum atomic E-state index is -3.89. The van der Waals surface area contributed by atoms with E-state index in [0.29, 0.717) is 5.56 Å². The van der Waals surface area contributed by atoms with E-state index in [2.05, 4.69) is 5.32 Å². The number of non-ortho nitro benzene ring substituents is 1. The molecule has 3 aromatic carbocycles. The number of nitrogens with zero attached hydrogens (tertiary/aromatic N) is 2. The average Bonchev–Trinajstić information content (AvgIpc) is 2.68. The number of hydrogen-bond acceptors (Lipinski definition) is 5. The monoisotopic (exact) mass is 413 g/mol. The zero-order chi connectivity index (χ0) is 21.2. The van der Waals surface area contributed by atoms with Crippen LogP contribution in [0.3, 0.4) is 0 Å². The van der Waals surface area contributed by atoms with E-state index >= 15 is 0 Å². The van der Waals surface area contributed by atoms with Crippen LogP contribution in [0.1, 0.15) is 5.56 Å². The van der Waals surface area contributed by atoms with Gasteiger partial charge in [0.1, 0.15) is 0 Å². The highest BCUT2D eigenvalue weighted by molar-refractivity contribution is 7.89. The predicted molar refractivity (Wildman–Crippen MR) is 110 cm³/mol. The third-order valence-corrected chi connectivity index (χ3v) is 6.30. The fraction of sp³-hybridized carbons (Fsp3) is 0.150. The Bertz CT molecular complexity index is 1210. The second-order valence-corrected chi connectivity index (χ2v) is 8.62. The van der Waals surface area contributed by atoms with Crippen molar-refractivity contribution in [3.05, 3.63) is 76.3 Å². The number of anilines is 1. The van der Waals surface area contributed by atoms with Crippen LogP contribution in [-0.4, -0.2) is 37.1 Å². The summed E-state index contributed by atoms with van der Waals surface area (Å²) >= 11 is 0. The molecular formula is C20H19N3O5S. The van der Waals surface area contributed by atoms with Crippen molar-refractivity contribution in [1.29, 1.82) is 0 Å². The van der Waals surface area contributed by atoms with Gasteiger partial charge in [-0.25, -0.2) is 8.42 Å². The van der Waals surface area contributed by atoms with Crippen LogP contribution in [-0.2, 0) is 14.8 Å². The molecule has 1 N–H and O–H groups in total. The standard InChI is InChI=1S/C20H19N3O5S/c1-14-7-9-17(23(25)26)12-19(14)21-20(24)13-22(2)29(27,28)18-10-8-15-5-3-4-6-16(15)11-18/h3-12H,13H2,1-2H3,(H,21,24). The van der Waals surface area contributed by atoms with Gasteiger partial charge in [-0.05, 0) is 35.4 Å². The number of fused-ring (bicyclic) bond motifs is 1. The number of hydrogen-bond donors (Lipinski definition) is 1. The zero-order valence-corrected chi connectivity index (χ0v) is 16.6. The van der Waals surface area contributed by atoms with Crippen molar-refractivity contribution >= 4 is 38.1 Å². The normalized spacial score (nSPS) is 11.6. The highest BCUT2D eigenvalue weighted by Gasteiger charge is 2.23. The highest BCUT2D eigenvalue weighted by atomic mass is 32.2. The molecule has 3 aromatic rings. The fourth-order valence-corrected chi connectivity index (χ4v) is 4.01. The summed E-state index contributed by atoms with van der Waals surface area (Å²) in [6.45, 7) is 1.26. The summed E-state index contributed by atoms with van der Waals surface area (Å²) in [5, 5.41) is 15.1. The Morgan fingerprint density at radius 1 is 1.07 bits per heavy atom. The van der Waals surface area contributed by atoms with Crippen LogP contribution in [0.15, 0.2) is 65.6 Å². The molecule has 0 aliphatic rings. The van der Waals surface area contributed by atoms with E-state index in [1.165, 1.54) is 31.3 Å². The van der Waals surface area contributed by atoms with E-state index < -0.39 is 27.4 Å². The summed E-state index contributed by atoms with van der Waals surface area (Å²) in [5.74, 6) is -0.597. The topological polar surface area (TPSA) is 110 Å². The third kappa shape index (κ3) is 4.41. The van der Waals surface area contributed by atoms with Gasteiger partial charge in [0.25, 0.3) is 5.69 Å². The van der Waals surface area contributed by atoms with Gasteiger partial charge in [0.2, 0.25) is 15.9 Å². The number of amides is 1. The van der Waals surface area contributed by atoms with Crippen LogP contribution in [0.25, 0.3) is 10.8 Å². The molecule has 0 aromatic heterocycles. The molecule has 0 radical (unpaired) electrons. The van der Waals surface area contributed by atoms with Crippen molar-refractivity contribution in [2.75, 3.05) is 18.9 Å². The van der Waals surface area contributed by atoms with Gasteiger partial charge in [-0.3, -0.25) is 14.9 Å². The minimum Gasteiger partial charge on any atom is -0.324 e. The maximum atomic E-state index is 12.8. The van der Waals surface area contributed by atoms with Crippen molar-refractivity contribution < 1.29 is 18.1 Å². The van der Waals surface area contributed by atoms with Crippen LogP contribution in [0.2, 0.25) is 0 Å². The largest absolute Gasteiger partial charge is 0.324 e. The lowest BCUT2D eigenvalue weighted by atomic mass is 10.1. The summed E-state index contributed by atoms with van der Waals surface area (Å²) in [7, 11) is -2.58. The van der Waals surface area contributed by atoms with Crippen molar-refractivity contribution in [2.45, 2.75) is 11.8 Å². The van der Waals surface area contributed by atoms with Crippen molar-refractivity contribution in [3.8, 4) is 0 Å². The van der Waals surface area contributed by atoms with E-state index in [-0.39, 0.29) is 16.3 Å². The number of rotatable bonds is 6. The predicted octanol–water partition coefficient (Wildman–Crippen LogP) is 3.32. The SMILES string of the molecule is Cc1ccc([N+](=O)[O-])cc1NC(=O)CN(C)S(=O)(=O)c1ccc2ccccc2c1. The number of nitro benzene ring substituents is 1. The first kappa shape index (κ1) is 20.4. The molecule has 3 rings (SSSR count). The summed E-state index contributed by atoms with van der Waals surface area (Å²) < 4.78 is 26.6. The first-order valence-corrected chi connectivity index (χ1v) is 10.1. The fourth-order valence-electron chi connectivity index (χ4n) is 2.84. The molecule has 0 saturated heterocycles. The molecule has 0 bridgehead atoms. The number of carbonyl (C=O) groups is 1. The quantitative estimate of drug-likeness (QED) is 0.492.